The van der Waals surface area contributed by atoms with E-state index in [0.29, 0.717) is 18.2 Å². The zero-order valence-corrected chi connectivity index (χ0v) is 21.3. The van der Waals surface area contributed by atoms with Crippen LogP contribution in [0, 0.1) is 6.92 Å². The molecule has 6 rings (SSSR count). The molecule has 0 aromatic carbocycles. The van der Waals surface area contributed by atoms with Gasteiger partial charge >= 0.3 is 6.09 Å². The van der Waals surface area contributed by atoms with Crippen LogP contribution < -0.4 is 10.6 Å². The van der Waals surface area contributed by atoms with E-state index in [0.717, 1.165) is 80.4 Å². The molecule has 3 N–H and O–H groups in total. The van der Waals surface area contributed by atoms with Gasteiger partial charge in [-0.25, -0.2) is 9.78 Å². The summed E-state index contributed by atoms with van der Waals surface area (Å²) in [6.45, 7) is 3.08. The van der Waals surface area contributed by atoms with Gasteiger partial charge in [-0.15, -0.1) is 0 Å². The van der Waals surface area contributed by atoms with Gasteiger partial charge in [0.1, 0.15) is 18.2 Å². The molecule has 10 nitrogen and oxygen atoms in total. The van der Waals surface area contributed by atoms with Crippen molar-refractivity contribution in [2.24, 2.45) is 0 Å². The summed E-state index contributed by atoms with van der Waals surface area (Å²) in [7, 11) is 0. The van der Waals surface area contributed by atoms with Gasteiger partial charge in [0.25, 0.3) is 0 Å². The number of H-pyrrole nitrogens is 1. The number of carbonyl (C=O) groups is 1. The van der Waals surface area contributed by atoms with Crippen molar-refractivity contribution in [3.63, 3.8) is 0 Å². The average Bonchev–Trinajstić information content (AvgIpc) is 3.31. The molecule has 0 radical (unpaired) electrons. The van der Waals surface area contributed by atoms with Crippen molar-refractivity contribution < 1.29 is 14.3 Å². The number of hydrogen-bond donors (Lipinski definition) is 3. The number of rotatable bonds is 6. The molecule has 196 valence electrons. The molecule has 6 heterocycles. The van der Waals surface area contributed by atoms with E-state index in [2.05, 4.69) is 25.8 Å². The summed E-state index contributed by atoms with van der Waals surface area (Å²) >= 11 is 0. The second-order valence-electron chi connectivity index (χ2n) is 10.5. The fraction of sp³-hybridized carbons (Fsp3) is 0.556. The van der Waals surface area contributed by atoms with Crippen molar-refractivity contribution in [3.8, 4) is 0 Å². The van der Waals surface area contributed by atoms with Crippen molar-refractivity contribution in [3.05, 3.63) is 36.2 Å². The van der Waals surface area contributed by atoms with Gasteiger partial charge in [0.15, 0.2) is 5.82 Å². The van der Waals surface area contributed by atoms with Gasteiger partial charge in [-0.05, 0) is 70.4 Å². The van der Waals surface area contributed by atoms with Gasteiger partial charge in [0, 0.05) is 54.1 Å². The standard InChI is InChI=1S/C27H35N7O3/c1-17-12-25(33-32-17)30-24-15-23-22(9-5-10-28-23)26(31-24)29-18-13-19-6-4-7-20(14-18)34(19)27(35)37-16-21-8-2-3-11-36-21/h5,9-10,12,15,18-21H,2-4,6-8,11,13-14,16H2,1H3,(H3,29,30,31,32,33)/t18?,19-,20+,21?. The summed E-state index contributed by atoms with van der Waals surface area (Å²) in [6.07, 6.45) is 9.72. The highest BCUT2D eigenvalue weighted by Crippen LogP contribution is 2.36. The SMILES string of the molecule is Cc1cc(Nc2cc3ncccc3c(NC3C[C@H]4CCC[C@@H](C3)N4C(=O)OCC3CCCCO3)n2)n[nH]1. The van der Waals surface area contributed by atoms with E-state index in [1.807, 2.05) is 36.1 Å². The summed E-state index contributed by atoms with van der Waals surface area (Å²) in [6, 6.07) is 8.40. The van der Waals surface area contributed by atoms with E-state index < -0.39 is 0 Å². The van der Waals surface area contributed by atoms with Gasteiger partial charge in [0.2, 0.25) is 0 Å². The molecule has 3 fully saturated rings. The van der Waals surface area contributed by atoms with Crippen LogP contribution in [-0.2, 0) is 9.47 Å². The third-order valence-corrected chi connectivity index (χ3v) is 7.75. The molecule has 3 aromatic heterocycles. The number of pyridine rings is 2. The Labute approximate surface area is 216 Å². The summed E-state index contributed by atoms with van der Waals surface area (Å²) < 4.78 is 11.5. The van der Waals surface area contributed by atoms with Crippen LogP contribution >= 0.6 is 0 Å². The van der Waals surface area contributed by atoms with Crippen LogP contribution in [0.1, 0.15) is 57.1 Å². The second-order valence-corrected chi connectivity index (χ2v) is 10.5. The smallest absolute Gasteiger partial charge is 0.410 e. The monoisotopic (exact) mass is 505 g/mol. The minimum atomic E-state index is -0.185. The molecule has 10 heteroatoms. The summed E-state index contributed by atoms with van der Waals surface area (Å²) in [5.74, 6) is 2.20. The number of aryl methyl sites for hydroxylation is 1. The first kappa shape index (κ1) is 24.0. The maximum absolute atomic E-state index is 13.1. The lowest BCUT2D eigenvalue weighted by molar-refractivity contribution is -0.0401. The van der Waals surface area contributed by atoms with E-state index in [1.54, 1.807) is 6.20 Å². The van der Waals surface area contributed by atoms with Crippen molar-refractivity contribution in [1.29, 1.82) is 0 Å². The average molecular weight is 506 g/mol. The Balaban J connectivity index is 1.16. The number of aromatic amines is 1. The first-order valence-electron chi connectivity index (χ1n) is 13.5. The van der Waals surface area contributed by atoms with Crippen LogP contribution in [0.25, 0.3) is 10.9 Å². The van der Waals surface area contributed by atoms with Gasteiger partial charge in [0.05, 0.1) is 11.6 Å². The maximum atomic E-state index is 13.1. The Morgan fingerprint density at radius 2 is 2.03 bits per heavy atom. The van der Waals surface area contributed by atoms with Gasteiger partial charge in [-0.1, -0.05) is 0 Å². The van der Waals surface area contributed by atoms with Crippen molar-refractivity contribution in [2.75, 3.05) is 23.8 Å². The van der Waals surface area contributed by atoms with Crippen LogP contribution in [0.2, 0.25) is 0 Å². The van der Waals surface area contributed by atoms with E-state index >= 15 is 0 Å². The molecule has 4 atom stereocenters. The van der Waals surface area contributed by atoms with Gasteiger partial charge < -0.3 is 25.0 Å². The Morgan fingerprint density at radius 3 is 2.78 bits per heavy atom. The lowest BCUT2D eigenvalue weighted by Crippen LogP contribution is -2.57. The first-order chi connectivity index (χ1) is 18.1. The molecule has 3 aliphatic heterocycles. The molecule has 37 heavy (non-hydrogen) atoms. The van der Waals surface area contributed by atoms with E-state index in [-0.39, 0.29) is 30.3 Å². The number of amides is 1. The fourth-order valence-corrected chi connectivity index (χ4v) is 6.03. The van der Waals surface area contributed by atoms with Gasteiger partial charge in [-0.3, -0.25) is 10.1 Å². The zero-order valence-electron chi connectivity index (χ0n) is 21.3. The third kappa shape index (κ3) is 5.34. The van der Waals surface area contributed by atoms with E-state index in [1.165, 1.54) is 0 Å². The van der Waals surface area contributed by atoms with Crippen LogP contribution in [0.4, 0.5) is 22.2 Å². The van der Waals surface area contributed by atoms with Crippen LogP contribution in [0.3, 0.4) is 0 Å². The highest BCUT2D eigenvalue weighted by Gasteiger charge is 2.42. The zero-order chi connectivity index (χ0) is 25.2. The molecule has 3 aliphatic rings. The molecule has 3 saturated heterocycles. The molecule has 3 aromatic rings. The number of nitrogens with one attached hydrogen (secondary N) is 3. The van der Waals surface area contributed by atoms with Crippen molar-refractivity contribution in [1.82, 2.24) is 25.1 Å². The van der Waals surface area contributed by atoms with Crippen molar-refractivity contribution in [2.45, 2.75) is 82.5 Å². The number of aromatic nitrogens is 4. The topological polar surface area (TPSA) is 117 Å². The lowest BCUT2D eigenvalue weighted by Gasteiger charge is -2.48. The highest BCUT2D eigenvalue weighted by molar-refractivity contribution is 5.91. The molecule has 2 bridgehead atoms. The quantitative estimate of drug-likeness (QED) is 0.433. The summed E-state index contributed by atoms with van der Waals surface area (Å²) in [5, 5.41) is 15.2. The number of hydrogen-bond acceptors (Lipinski definition) is 8. The van der Waals surface area contributed by atoms with Gasteiger partial charge in [-0.2, -0.15) is 5.10 Å². The van der Waals surface area contributed by atoms with Crippen LogP contribution in [-0.4, -0.2) is 68.6 Å². The molecular weight excluding hydrogens is 470 g/mol. The summed E-state index contributed by atoms with van der Waals surface area (Å²) in [5.41, 5.74) is 1.84. The molecule has 0 aliphatic carbocycles. The first-order valence-corrected chi connectivity index (χ1v) is 13.5. The largest absolute Gasteiger partial charge is 0.447 e. The minimum absolute atomic E-state index is 0.0379. The van der Waals surface area contributed by atoms with E-state index in [9.17, 15) is 4.79 Å². The Kier molecular flexibility index (Phi) is 6.82. The van der Waals surface area contributed by atoms with E-state index in [4.69, 9.17) is 14.5 Å². The number of fused-ring (bicyclic) bond motifs is 3. The molecule has 0 saturated carbocycles. The maximum Gasteiger partial charge on any atom is 0.410 e. The normalized spacial score (nSPS) is 25.6. The highest BCUT2D eigenvalue weighted by atomic mass is 16.6. The Hall–Kier alpha value is -3.40. The molecule has 2 unspecified atom stereocenters. The number of piperidine rings is 2. The minimum Gasteiger partial charge on any atom is -0.447 e. The Bertz CT molecular complexity index is 1230. The predicted octanol–water partition coefficient (Wildman–Crippen LogP) is 4.91. The number of anilines is 3. The second kappa shape index (κ2) is 10.5. The fourth-order valence-electron chi connectivity index (χ4n) is 6.03. The Morgan fingerprint density at radius 1 is 1.16 bits per heavy atom. The summed E-state index contributed by atoms with van der Waals surface area (Å²) in [4.78, 5) is 24.6. The van der Waals surface area contributed by atoms with Crippen LogP contribution in [0.15, 0.2) is 30.5 Å². The third-order valence-electron chi connectivity index (χ3n) is 7.75. The number of nitrogens with zero attached hydrogens (tertiary/aromatic N) is 4. The molecule has 1 amide bonds. The number of ether oxygens (including phenoxy) is 2. The molecular formula is C27H35N7O3. The molecule has 0 spiro atoms. The van der Waals surface area contributed by atoms with Crippen molar-refractivity contribution >= 4 is 34.4 Å². The lowest BCUT2D eigenvalue weighted by atomic mass is 9.82. The van der Waals surface area contributed by atoms with Crippen LogP contribution in [0.5, 0.6) is 0 Å². The number of carbonyl (C=O) groups excluding carboxylic acids is 1. The predicted molar refractivity (Wildman–Crippen MR) is 141 cm³/mol.